The van der Waals surface area contributed by atoms with Crippen molar-refractivity contribution in [2.45, 2.75) is 328 Å². The average Bonchev–Trinajstić information content (AvgIpc) is 3.51. The first-order valence-electron chi connectivity index (χ1n) is 34.9. The SMILES string of the molecule is CC/C=C\C/C=C\C/C=C\C/C=C\C/C=C\CCCCCCCCCCCC(=O)OC(/C=C/CCCCCCCCCCC)C(COP(=O)(O)OCC[N+](C)(C)C)NC(=O)CCCCCCCCCCCCC/C=C/CCCCCCCC. The van der Waals surface area contributed by atoms with E-state index in [4.69, 9.17) is 13.8 Å². The van der Waals surface area contributed by atoms with Gasteiger partial charge in [-0.1, -0.05) is 286 Å². The molecule has 0 saturated heterocycles. The van der Waals surface area contributed by atoms with Crippen LogP contribution in [-0.4, -0.2) is 74.3 Å². The topological polar surface area (TPSA) is 111 Å². The van der Waals surface area contributed by atoms with E-state index in [9.17, 15) is 19.0 Å². The Morgan fingerprint density at radius 3 is 1.17 bits per heavy atom. The molecule has 0 heterocycles. The number of ether oxygens (including phenoxy) is 1. The van der Waals surface area contributed by atoms with Crippen molar-refractivity contribution in [1.82, 2.24) is 5.32 Å². The van der Waals surface area contributed by atoms with Gasteiger partial charge >= 0.3 is 13.8 Å². The number of carbonyl (C=O) groups excluding carboxylic acids is 2. The number of hydrogen-bond acceptors (Lipinski definition) is 6. The van der Waals surface area contributed by atoms with Crippen molar-refractivity contribution in [3.8, 4) is 0 Å². The summed E-state index contributed by atoms with van der Waals surface area (Å²) >= 11 is 0. The number of nitrogens with zero attached hydrogens (tertiary/aromatic N) is 1. The number of phosphoric acid groups is 1. The Morgan fingerprint density at radius 1 is 0.434 bits per heavy atom. The van der Waals surface area contributed by atoms with Crippen LogP contribution in [0.2, 0.25) is 0 Å². The van der Waals surface area contributed by atoms with Crippen LogP contribution < -0.4 is 5.32 Å². The summed E-state index contributed by atoms with van der Waals surface area (Å²) in [6.07, 6.45) is 83.0. The van der Waals surface area contributed by atoms with E-state index in [2.05, 4.69) is 99.0 Å². The van der Waals surface area contributed by atoms with E-state index in [0.717, 1.165) is 103 Å². The van der Waals surface area contributed by atoms with E-state index in [1.807, 2.05) is 33.3 Å². The summed E-state index contributed by atoms with van der Waals surface area (Å²) in [5.74, 6) is -0.507. The molecule has 3 unspecified atom stereocenters. The van der Waals surface area contributed by atoms with Gasteiger partial charge in [0.1, 0.15) is 19.3 Å². The number of nitrogens with one attached hydrogen (secondary N) is 1. The molecule has 0 aliphatic carbocycles. The van der Waals surface area contributed by atoms with E-state index >= 15 is 0 Å². The Bertz CT molecular complexity index is 1700. The lowest BCUT2D eigenvalue weighted by molar-refractivity contribution is -0.870. The molecule has 0 aliphatic rings. The fourth-order valence-electron chi connectivity index (χ4n) is 9.96. The summed E-state index contributed by atoms with van der Waals surface area (Å²) in [7, 11) is 1.49. The number of carbonyl (C=O) groups is 2. The van der Waals surface area contributed by atoms with Crippen molar-refractivity contribution in [2.75, 3.05) is 40.9 Å². The molecule has 0 spiro atoms. The third-order valence-corrected chi connectivity index (χ3v) is 16.3. The van der Waals surface area contributed by atoms with Crippen LogP contribution in [0.15, 0.2) is 85.1 Å². The van der Waals surface area contributed by atoms with Crippen LogP contribution in [0.4, 0.5) is 0 Å². The summed E-state index contributed by atoms with van der Waals surface area (Å²) < 4.78 is 30.8. The molecule has 0 aliphatic heterocycles. The standard InChI is InChI=1S/C73H133N2O7P/c1-7-10-13-16-19-22-25-27-29-31-33-35-36-37-38-40-42-44-46-48-51-54-57-60-63-66-73(77)82-71(64-61-58-55-52-49-24-21-18-15-12-9-3)70(69-81-83(78,79)80-68-67-75(4,5)6)74-72(76)65-62-59-56-53-50-47-45-43-41-39-34-32-30-28-26-23-20-17-14-11-8-2/h10,13,19,22,27-30,33,35,37-38,61,64,70-71H,7-9,11-12,14-18,20-21,23-26,31-32,34,36,39-60,62-63,65-69H2,1-6H3,(H-,74,76,78,79)/p+1/b13-10-,22-19-,29-27-,30-28+,35-33-,38-37-,64-61+. The first-order chi connectivity index (χ1) is 40.4. The predicted octanol–water partition coefficient (Wildman–Crippen LogP) is 22.1. The molecule has 0 bridgehead atoms. The number of likely N-dealkylation sites (N-methyl/N-ethyl adjacent to an activating group) is 1. The van der Waals surface area contributed by atoms with Gasteiger partial charge in [-0.3, -0.25) is 18.6 Å². The van der Waals surface area contributed by atoms with Crippen LogP contribution in [0.5, 0.6) is 0 Å². The second-order valence-corrected chi connectivity index (χ2v) is 26.1. The van der Waals surface area contributed by atoms with Gasteiger partial charge in [-0.15, -0.1) is 0 Å². The monoisotopic (exact) mass is 1180 g/mol. The molecule has 0 rings (SSSR count). The van der Waals surface area contributed by atoms with Crippen molar-refractivity contribution in [3.05, 3.63) is 85.1 Å². The molecule has 0 aromatic rings. The van der Waals surface area contributed by atoms with Crippen molar-refractivity contribution in [3.63, 3.8) is 0 Å². The molecule has 0 radical (unpaired) electrons. The number of amides is 1. The molecule has 10 heteroatoms. The Kier molecular flexibility index (Phi) is 60.1. The Balaban J connectivity index is 5.06. The predicted molar refractivity (Wildman–Crippen MR) is 360 cm³/mol. The van der Waals surface area contributed by atoms with Gasteiger partial charge in [0.25, 0.3) is 0 Å². The van der Waals surface area contributed by atoms with Gasteiger partial charge in [-0.2, -0.15) is 0 Å². The Morgan fingerprint density at radius 2 is 0.771 bits per heavy atom. The van der Waals surface area contributed by atoms with E-state index in [1.54, 1.807) is 0 Å². The van der Waals surface area contributed by atoms with E-state index in [0.29, 0.717) is 17.4 Å². The normalized spacial score (nSPS) is 14.1. The molecular formula is C73H134N2O7P+. The highest BCUT2D eigenvalue weighted by Gasteiger charge is 2.30. The number of esters is 1. The van der Waals surface area contributed by atoms with Gasteiger partial charge in [0.2, 0.25) is 5.91 Å². The van der Waals surface area contributed by atoms with Gasteiger partial charge in [0.15, 0.2) is 0 Å². The van der Waals surface area contributed by atoms with E-state index in [-0.39, 0.29) is 31.5 Å². The number of rotatable bonds is 63. The molecule has 2 N–H and O–H groups in total. The van der Waals surface area contributed by atoms with Gasteiger partial charge in [-0.05, 0) is 102 Å². The second-order valence-electron chi connectivity index (χ2n) is 24.7. The first-order valence-corrected chi connectivity index (χ1v) is 36.4. The molecule has 482 valence electrons. The first kappa shape index (κ1) is 80.2. The van der Waals surface area contributed by atoms with Crippen LogP contribution in [-0.2, 0) is 27.9 Å². The fourth-order valence-corrected chi connectivity index (χ4v) is 10.7. The summed E-state index contributed by atoms with van der Waals surface area (Å²) in [5.41, 5.74) is 0. The van der Waals surface area contributed by atoms with Gasteiger partial charge in [-0.25, -0.2) is 4.57 Å². The minimum Gasteiger partial charge on any atom is -0.456 e. The maximum absolute atomic E-state index is 13.6. The van der Waals surface area contributed by atoms with Crippen molar-refractivity contribution in [2.24, 2.45) is 0 Å². The quantitative estimate of drug-likeness (QED) is 0.0205. The number of quaternary nitrogens is 1. The van der Waals surface area contributed by atoms with Crippen LogP contribution in [0.25, 0.3) is 0 Å². The Hall–Kier alpha value is -2.81. The average molecular weight is 1180 g/mol. The summed E-state index contributed by atoms with van der Waals surface area (Å²) in [4.78, 5) is 37.9. The van der Waals surface area contributed by atoms with E-state index < -0.39 is 20.0 Å². The van der Waals surface area contributed by atoms with Crippen molar-refractivity contribution in [1.29, 1.82) is 0 Å². The second kappa shape index (κ2) is 62.2. The maximum Gasteiger partial charge on any atom is 0.472 e. The van der Waals surface area contributed by atoms with Gasteiger partial charge in [0, 0.05) is 12.8 Å². The zero-order valence-electron chi connectivity index (χ0n) is 55.2. The number of hydrogen-bond donors (Lipinski definition) is 2. The lowest BCUT2D eigenvalue weighted by Crippen LogP contribution is -2.47. The molecule has 0 aromatic carbocycles. The molecular weight excluding hydrogens is 1050 g/mol. The Labute approximate surface area is 514 Å². The lowest BCUT2D eigenvalue weighted by atomic mass is 10.0. The van der Waals surface area contributed by atoms with E-state index in [1.165, 1.54) is 180 Å². The third kappa shape index (κ3) is 63.5. The van der Waals surface area contributed by atoms with Crippen LogP contribution in [0.3, 0.4) is 0 Å². The van der Waals surface area contributed by atoms with Crippen LogP contribution in [0, 0.1) is 0 Å². The minimum absolute atomic E-state index is 0.0370. The molecule has 9 nitrogen and oxygen atoms in total. The van der Waals surface area contributed by atoms with Gasteiger partial charge < -0.3 is 19.4 Å². The largest absolute Gasteiger partial charge is 0.472 e. The smallest absolute Gasteiger partial charge is 0.456 e. The maximum atomic E-state index is 13.6. The zero-order chi connectivity index (χ0) is 60.7. The highest BCUT2D eigenvalue weighted by atomic mass is 31.2. The van der Waals surface area contributed by atoms with Crippen LogP contribution in [0.1, 0.15) is 316 Å². The zero-order valence-corrected chi connectivity index (χ0v) is 56.1. The highest BCUT2D eigenvalue weighted by Crippen LogP contribution is 2.43. The fraction of sp³-hybridized carbons (Fsp3) is 0.781. The summed E-state index contributed by atoms with van der Waals surface area (Å²) in [6, 6.07) is -0.855. The summed E-state index contributed by atoms with van der Waals surface area (Å²) in [6.45, 7) is 6.91. The van der Waals surface area contributed by atoms with Gasteiger partial charge in [0.05, 0.1) is 33.8 Å². The molecule has 3 atom stereocenters. The number of unbranched alkanes of at least 4 members (excludes halogenated alkanes) is 35. The van der Waals surface area contributed by atoms with Crippen molar-refractivity contribution >= 4 is 19.7 Å². The molecule has 0 aromatic heterocycles. The number of allylic oxidation sites excluding steroid dienone is 13. The summed E-state index contributed by atoms with van der Waals surface area (Å²) in [5, 5.41) is 3.07. The minimum atomic E-state index is -4.46. The van der Waals surface area contributed by atoms with Crippen molar-refractivity contribution < 1.29 is 37.3 Å². The molecule has 0 fully saturated rings. The number of phosphoric ester groups is 1. The molecule has 83 heavy (non-hydrogen) atoms. The highest BCUT2D eigenvalue weighted by molar-refractivity contribution is 7.47. The molecule has 1 amide bonds. The third-order valence-electron chi connectivity index (χ3n) is 15.3. The van der Waals surface area contributed by atoms with Crippen LogP contribution >= 0.6 is 7.82 Å². The molecule has 0 saturated carbocycles. The lowest BCUT2D eigenvalue weighted by Gasteiger charge is -2.27.